The number of benzene rings is 2. The van der Waals surface area contributed by atoms with Gasteiger partial charge in [0.05, 0.1) is 0 Å². The largest absolute Gasteiger partial charge is 0.330 e. The monoisotopic (exact) mass is 352 g/mol. The number of nitrogens with zero attached hydrogens (tertiary/aromatic N) is 2. The highest BCUT2D eigenvalue weighted by molar-refractivity contribution is 5.99. The predicted octanol–water partition coefficient (Wildman–Crippen LogP) is 3.78. The van der Waals surface area contributed by atoms with E-state index in [9.17, 15) is 14.0 Å². The Kier molecular flexibility index (Phi) is 5.46. The third kappa shape index (κ3) is 3.82. The maximum atomic E-state index is 14.0. The summed E-state index contributed by atoms with van der Waals surface area (Å²) < 4.78 is 14.0. The van der Waals surface area contributed by atoms with E-state index in [0.717, 1.165) is 12.1 Å². The summed E-state index contributed by atoms with van der Waals surface area (Å²) in [6.45, 7) is 4.82. The summed E-state index contributed by atoms with van der Waals surface area (Å²) in [6.07, 6.45) is 2.98. The number of carbonyl (C=O) groups excluding carboxylic acids is 2. The van der Waals surface area contributed by atoms with E-state index >= 15 is 0 Å². The van der Waals surface area contributed by atoms with Gasteiger partial charge in [-0.15, -0.1) is 6.58 Å². The molecule has 0 spiro atoms. The Morgan fingerprint density at radius 3 is 2.73 bits per heavy atom. The van der Waals surface area contributed by atoms with Crippen LogP contribution in [0.5, 0.6) is 0 Å². The second kappa shape index (κ2) is 7.95. The van der Waals surface area contributed by atoms with Crippen molar-refractivity contribution in [2.75, 3.05) is 18.0 Å². The summed E-state index contributed by atoms with van der Waals surface area (Å²) in [5.41, 5.74) is 1.65. The smallest absolute Gasteiger partial charge is 0.254 e. The maximum absolute atomic E-state index is 14.0. The van der Waals surface area contributed by atoms with Crippen molar-refractivity contribution in [3.8, 4) is 0 Å². The standard InChI is InChI=1S/C21H21FN2O2/c1-2-12-23(15-17-7-3-4-10-19(17)22)21(26)16-8-5-9-18(14-16)24-13-6-11-20(24)25/h2-5,7-10,14H,1,6,11-13,15H2. The molecule has 2 aromatic rings. The summed E-state index contributed by atoms with van der Waals surface area (Å²) in [4.78, 5) is 28.1. The Labute approximate surface area is 152 Å². The SMILES string of the molecule is C=CCN(Cc1ccccc1F)C(=O)c1cccc(N2CCCC2=O)c1. The third-order valence-electron chi connectivity index (χ3n) is 4.43. The van der Waals surface area contributed by atoms with Crippen molar-refractivity contribution in [1.82, 2.24) is 4.90 Å². The van der Waals surface area contributed by atoms with Crippen LogP contribution < -0.4 is 4.90 Å². The molecule has 0 aliphatic carbocycles. The zero-order valence-corrected chi connectivity index (χ0v) is 14.5. The normalized spacial score (nSPS) is 13.7. The Morgan fingerprint density at radius 1 is 1.23 bits per heavy atom. The number of hydrogen-bond acceptors (Lipinski definition) is 2. The lowest BCUT2D eigenvalue weighted by Crippen LogP contribution is -2.31. The molecule has 0 saturated carbocycles. The molecule has 2 aromatic carbocycles. The second-order valence-corrected chi connectivity index (χ2v) is 6.27. The molecule has 3 rings (SSSR count). The van der Waals surface area contributed by atoms with Crippen molar-refractivity contribution in [2.45, 2.75) is 19.4 Å². The molecule has 26 heavy (non-hydrogen) atoms. The molecule has 0 radical (unpaired) electrons. The van der Waals surface area contributed by atoms with Gasteiger partial charge in [0.25, 0.3) is 5.91 Å². The lowest BCUT2D eigenvalue weighted by molar-refractivity contribution is -0.117. The molecule has 1 saturated heterocycles. The van der Waals surface area contributed by atoms with E-state index in [4.69, 9.17) is 0 Å². The van der Waals surface area contributed by atoms with Crippen LogP contribution in [0.15, 0.2) is 61.2 Å². The quantitative estimate of drug-likeness (QED) is 0.743. The minimum Gasteiger partial charge on any atom is -0.330 e. The minimum atomic E-state index is -0.342. The first-order chi connectivity index (χ1) is 12.6. The highest BCUT2D eigenvalue weighted by atomic mass is 19.1. The van der Waals surface area contributed by atoms with Crippen molar-refractivity contribution in [1.29, 1.82) is 0 Å². The molecule has 0 atom stereocenters. The molecule has 1 aliphatic heterocycles. The first kappa shape index (κ1) is 17.9. The van der Waals surface area contributed by atoms with Crippen LogP contribution in [0.2, 0.25) is 0 Å². The summed E-state index contributed by atoms with van der Waals surface area (Å²) >= 11 is 0. The van der Waals surface area contributed by atoms with Gasteiger partial charge in [0.15, 0.2) is 0 Å². The lowest BCUT2D eigenvalue weighted by Gasteiger charge is -2.23. The molecule has 0 bridgehead atoms. The average molecular weight is 352 g/mol. The first-order valence-electron chi connectivity index (χ1n) is 8.64. The molecule has 2 amide bonds. The van der Waals surface area contributed by atoms with Crippen LogP contribution in [0.3, 0.4) is 0 Å². The number of carbonyl (C=O) groups is 2. The van der Waals surface area contributed by atoms with Gasteiger partial charge in [0.2, 0.25) is 5.91 Å². The molecule has 1 aliphatic rings. The number of rotatable bonds is 6. The van der Waals surface area contributed by atoms with Gasteiger partial charge in [-0.05, 0) is 30.7 Å². The van der Waals surface area contributed by atoms with Gasteiger partial charge < -0.3 is 9.80 Å². The Morgan fingerprint density at radius 2 is 2.04 bits per heavy atom. The molecular weight excluding hydrogens is 331 g/mol. The molecule has 5 heteroatoms. The maximum Gasteiger partial charge on any atom is 0.254 e. The fourth-order valence-corrected chi connectivity index (χ4v) is 3.12. The van der Waals surface area contributed by atoms with Crippen LogP contribution in [-0.4, -0.2) is 29.8 Å². The topological polar surface area (TPSA) is 40.6 Å². The van der Waals surface area contributed by atoms with E-state index in [1.807, 2.05) is 6.07 Å². The Balaban J connectivity index is 1.84. The minimum absolute atomic E-state index is 0.0731. The zero-order chi connectivity index (χ0) is 18.5. The van der Waals surface area contributed by atoms with Crippen LogP contribution >= 0.6 is 0 Å². The first-order valence-corrected chi connectivity index (χ1v) is 8.64. The molecule has 1 fully saturated rings. The number of halogens is 1. The highest BCUT2D eigenvalue weighted by Gasteiger charge is 2.23. The van der Waals surface area contributed by atoms with Crippen molar-refractivity contribution in [3.05, 3.63) is 78.1 Å². The highest BCUT2D eigenvalue weighted by Crippen LogP contribution is 2.23. The Bertz CT molecular complexity index is 834. The summed E-state index contributed by atoms with van der Waals surface area (Å²) in [7, 11) is 0. The van der Waals surface area contributed by atoms with Gasteiger partial charge >= 0.3 is 0 Å². The fraction of sp³-hybridized carbons (Fsp3) is 0.238. The van der Waals surface area contributed by atoms with Gasteiger partial charge in [-0.1, -0.05) is 30.3 Å². The Hall–Kier alpha value is -2.95. The van der Waals surface area contributed by atoms with Crippen molar-refractivity contribution >= 4 is 17.5 Å². The number of anilines is 1. The number of amides is 2. The van der Waals surface area contributed by atoms with Crippen LogP contribution in [0.25, 0.3) is 0 Å². The molecule has 0 aromatic heterocycles. The van der Waals surface area contributed by atoms with E-state index in [-0.39, 0.29) is 24.2 Å². The van der Waals surface area contributed by atoms with Gasteiger partial charge in [-0.2, -0.15) is 0 Å². The van der Waals surface area contributed by atoms with Crippen LogP contribution in [0.4, 0.5) is 10.1 Å². The average Bonchev–Trinajstić information content (AvgIpc) is 3.08. The summed E-state index contributed by atoms with van der Waals surface area (Å²) in [5, 5.41) is 0. The van der Waals surface area contributed by atoms with Crippen LogP contribution in [-0.2, 0) is 11.3 Å². The predicted molar refractivity (Wildman–Crippen MR) is 99.4 cm³/mol. The van der Waals surface area contributed by atoms with Crippen LogP contribution in [0.1, 0.15) is 28.8 Å². The van der Waals surface area contributed by atoms with Gasteiger partial charge in [0, 0.05) is 42.9 Å². The van der Waals surface area contributed by atoms with Crippen molar-refractivity contribution in [3.63, 3.8) is 0 Å². The molecule has 0 unspecified atom stereocenters. The molecular formula is C21H21FN2O2. The fourth-order valence-electron chi connectivity index (χ4n) is 3.12. The molecule has 4 nitrogen and oxygen atoms in total. The molecule has 0 N–H and O–H groups in total. The second-order valence-electron chi connectivity index (χ2n) is 6.27. The lowest BCUT2D eigenvalue weighted by atomic mass is 10.1. The van der Waals surface area contributed by atoms with E-state index in [2.05, 4.69) is 6.58 Å². The van der Waals surface area contributed by atoms with E-state index in [0.29, 0.717) is 30.6 Å². The summed E-state index contributed by atoms with van der Waals surface area (Å²) in [5.74, 6) is -0.490. The van der Waals surface area contributed by atoms with E-state index in [1.54, 1.807) is 47.4 Å². The van der Waals surface area contributed by atoms with Gasteiger partial charge in [0.1, 0.15) is 5.82 Å². The van der Waals surface area contributed by atoms with E-state index < -0.39 is 0 Å². The molecule has 134 valence electrons. The summed E-state index contributed by atoms with van der Waals surface area (Å²) in [6, 6.07) is 13.4. The van der Waals surface area contributed by atoms with E-state index in [1.165, 1.54) is 11.0 Å². The van der Waals surface area contributed by atoms with Crippen molar-refractivity contribution in [2.24, 2.45) is 0 Å². The molecule has 1 heterocycles. The zero-order valence-electron chi connectivity index (χ0n) is 14.5. The van der Waals surface area contributed by atoms with Gasteiger partial charge in [-0.25, -0.2) is 4.39 Å². The van der Waals surface area contributed by atoms with Gasteiger partial charge in [-0.3, -0.25) is 9.59 Å². The van der Waals surface area contributed by atoms with Crippen LogP contribution in [0, 0.1) is 5.82 Å². The number of hydrogen-bond donors (Lipinski definition) is 0. The third-order valence-corrected chi connectivity index (χ3v) is 4.43. The van der Waals surface area contributed by atoms with Crippen molar-refractivity contribution < 1.29 is 14.0 Å².